The maximum Gasteiger partial charge on any atom is 0.159 e. The van der Waals surface area contributed by atoms with Gasteiger partial charge in [-0.15, -0.1) is 0 Å². The summed E-state index contributed by atoms with van der Waals surface area (Å²) < 4.78 is 27.5. The van der Waals surface area contributed by atoms with Crippen molar-refractivity contribution in [3.05, 3.63) is 53.4 Å². The van der Waals surface area contributed by atoms with Gasteiger partial charge in [-0.2, -0.15) is 5.10 Å². The monoisotopic (exact) mass is 266 g/mol. The van der Waals surface area contributed by atoms with Gasteiger partial charge < -0.3 is 5.11 Å². The number of benzene rings is 1. The first-order chi connectivity index (χ1) is 9.04. The second-order valence-electron chi connectivity index (χ2n) is 4.67. The van der Waals surface area contributed by atoms with Crippen molar-refractivity contribution in [2.45, 2.75) is 25.4 Å². The third-order valence-electron chi connectivity index (χ3n) is 2.98. The minimum atomic E-state index is -0.878. The number of nitrogens with zero attached hydrogens (tertiary/aromatic N) is 2. The van der Waals surface area contributed by atoms with Crippen LogP contribution in [0.2, 0.25) is 0 Å². The van der Waals surface area contributed by atoms with Crippen molar-refractivity contribution >= 4 is 0 Å². The highest BCUT2D eigenvalue weighted by molar-refractivity contribution is 5.18. The van der Waals surface area contributed by atoms with Gasteiger partial charge in [-0.1, -0.05) is 6.07 Å². The molecule has 1 unspecified atom stereocenters. The van der Waals surface area contributed by atoms with E-state index < -0.39 is 17.7 Å². The first kappa shape index (κ1) is 13.7. The molecule has 0 radical (unpaired) electrons. The SMILES string of the molecule is Cn1cc(CCC(O)Cc2ccc(F)c(F)c2)cn1. The van der Waals surface area contributed by atoms with Crippen LogP contribution >= 0.6 is 0 Å². The van der Waals surface area contributed by atoms with E-state index in [0.29, 0.717) is 24.8 Å². The summed E-state index contributed by atoms with van der Waals surface area (Å²) in [5, 5.41) is 13.9. The van der Waals surface area contributed by atoms with E-state index in [1.54, 1.807) is 10.9 Å². The zero-order chi connectivity index (χ0) is 13.8. The van der Waals surface area contributed by atoms with Gasteiger partial charge >= 0.3 is 0 Å². The van der Waals surface area contributed by atoms with Crippen molar-refractivity contribution in [1.29, 1.82) is 0 Å². The molecule has 0 amide bonds. The summed E-state index contributed by atoms with van der Waals surface area (Å²) in [5.74, 6) is -1.74. The lowest BCUT2D eigenvalue weighted by atomic mass is 10.0. The van der Waals surface area contributed by atoms with E-state index in [4.69, 9.17) is 0 Å². The Morgan fingerprint density at radius 1 is 1.26 bits per heavy atom. The molecule has 1 atom stereocenters. The second-order valence-corrected chi connectivity index (χ2v) is 4.67. The molecule has 0 aliphatic heterocycles. The highest BCUT2D eigenvalue weighted by Gasteiger charge is 2.09. The summed E-state index contributed by atoms with van der Waals surface area (Å²) in [6.07, 6.45) is 4.65. The zero-order valence-corrected chi connectivity index (χ0v) is 10.7. The van der Waals surface area contributed by atoms with E-state index in [1.807, 2.05) is 13.2 Å². The number of hydrogen-bond donors (Lipinski definition) is 1. The van der Waals surface area contributed by atoms with Gasteiger partial charge in [0.05, 0.1) is 12.3 Å². The zero-order valence-electron chi connectivity index (χ0n) is 10.7. The predicted molar refractivity (Wildman–Crippen MR) is 67.6 cm³/mol. The average molecular weight is 266 g/mol. The maximum atomic E-state index is 13.0. The van der Waals surface area contributed by atoms with Gasteiger partial charge in [-0.05, 0) is 42.5 Å². The van der Waals surface area contributed by atoms with E-state index in [2.05, 4.69) is 5.10 Å². The Morgan fingerprint density at radius 2 is 2.05 bits per heavy atom. The Bertz CT molecular complexity index is 554. The molecule has 0 bridgehead atoms. The van der Waals surface area contributed by atoms with Crippen LogP contribution in [0.5, 0.6) is 0 Å². The number of halogens is 2. The van der Waals surface area contributed by atoms with E-state index in [0.717, 1.165) is 17.7 Å². The van der Waals surface area contributed by atoms with E-state index >= 15 is 0 Å². The lowest BCUT2D eigenvalue weighted by Gasteiger charge is -2.10. The van der Waals surface area contributed by atoms with Crippen molar-refractivity contribution in [2.24, 2.45) is 7.05 Å². The van der Waals surface area contributed by atoms with Crippen molar-refractivity contribution < 1.29 is 13.9 Å². The molecule has 5 heteroatoms. The van der Waals surface area contributed by atoms with Gasteiger partial charge in [0.25, 0.3) is 0 Å². The molecule has 0 spiro atoms. The van der Waals surface area contributed by atoms with Gasteiger partial charge in [-0.3, -0.25) is 4.68 Å². The quantitative estimate of drug-likeness (QED) is 0.901. The number of aryl methyl sites for hydroxylation is 2. The minimum Gasteiger partial charge on any atom is -0.393 e. The third-order valence-corrected chi connectivity index (χ3v) is 2.98. The van der Waals surface area contributed by atoms with Crippen LogP contribution < -0.4 is 0 Å². The summed E-state index contributed by atoms with van der Waals surface area (Å²) >= 11 is 0. The average Bonchev–Trinajstić information content (AvgIpc) is 2.77. The van der Waals surface area contributed by atoms with Crippen molar-refractivity contribution in [3.63, 3.8) is 0 Å². The van der Waals surface area contributed by atoms with E-state index in [9.17, 15) is 13.9 Å². The van der Waals surface area contributed by atoms with Gasteiger partial charge in [0.15, 0.2) is 11.6 Å². The molecule has 0 aliphatic rings. The summed E-state index contributed by atoms with van der Waals surface area (Å²) in [6, 6.07) is 3.70. The van der Waals surface area contributed by atoms with Crippen LogP contribution in [0.25, 0.3) is 0 Å². The number of aromatic nitrogens is 2. The molecule has 1 heterocycles. The topological polar surface area (TPSA) is 38.0 Å². The number of aliphatic hydroxyl groups is 1. The molecule has 1 aromatic carbocycles. The maximum absolute atomic E-state index is 13.0. The van der Waals surface area contributed by atoms with Crippen LogP contribution in [-0.2, 0) is 19.9 Å². The molecule has 19 heavy (non-hydrogen) atoms. The largest absolute Gasteiger partial charge is 0.393 e. The Hall–Kier alpha value is -1.75. The van der Waals surface area contributed by atoms with Gasteiger partial charge in [-0.25, -0.2) is 8.78 Å². The molecular formula is C14H16F2N2O. The molecular weight excluding hydrogens is 250 g/mol. The van der Waals surface area contributed by atoms with E-state index in [-0.39, 0.29) is 0 Å². The molecule has 102 valence electrons. The van der Waals surface area contributed by atoms with Crippen molar-refractivity contribution in [3.8, 4) is 0 Å². The Kier molecular flexibility index (Phi) is 4.27. The number of rotatable bonds is 5. The highest BCUT2D eigenvalue weighted by atomic mass is 19.2. The van der Waals surface area contributed by atoms with Crippen LogP contribution in [0.1, 0.15) is 17.5 Å². The molecule has 0 fully saturated rings. The van der Waals surface area contributed by atoms with Crippen LogP contribution in [0, 0.1) is 11.6 Å². The summed E-state index contributed by atoms with van der Waals surface area (Å²) in [7, 11) is 1.83. The predicted octanol–water partition coefficient (Wildman–Crippen LogP) is 2.23. The molecule has 1 N–H and O–H groups in total. The van der Waals surface area contributed by atoms with Crippen LogP contribution in [0.4, 0.5) is 8.78 Å². The molecule has 0 saturated heterocycles. The molecule has 3 nitrogen and oxygen atoms in total. The van der Waals surface area contributed by atoms with Crippen LogP contribution in [0.15, 0.2) is 30.6 Å². The fourth-order valence-corrected chi connectivity index (χ4v) is 1.97. The van der Waals surface area contributed by atoms with Crippen LogP contribution in [-0.4, -0.2) is 21.0 Å². The Morgan fingerprint density at radius 3 is 2.68 bits per heavy atom. The summed E-state index contributed by atoms with van der Waals surface area (Å²) in [4.78, 5) is 0. The third kappa shape index (κ3) is 3.86. The lowest BCUT2D eigenvalue weighted by Crippen LogP contribution is -2.11. The van der Waals surface area contributed by atoms with Gasteiger partial charge in [0, 0.05) is 13.2 Å². The van der Waals surface area contributed by atoms with Gasteiger partial charge in [0.1, 0.15) is 0 Å². The first-order valence-electron chi connectivity index (χ1n) is 6.14. The molecule has 1 aromatic heterocycles. The minimum absolute atomic E-state index is 0.317. The smallest absolute Gasteiger partial charge is 0.159 e. The summed E-state index contributed by atoms with van der Waals surface area (Å²) in [6.45, 7) is 0. The fourth-order valence-electron chi connectivity index (χ4n) is 1.97. The highest BCUT2D eigenvalue weighted by Crippen LogP contribution is 2.13. The standard InChI is InChI=1S/C14H16F2N2O/c1-18-9-11(8-17-18)2-4-12(19)6-10-3-5-13(15)14(16)7-10/h3,5,7-9,12,19H,2,4,6H2,1H3. The van der Waals surface area contributed by atoms with Crippen molar-refractivity contribution in [1.82, 2.24) is 9.78 Å². The van der Waals surface area contributed by atoms with E-state index in [1.165, 1.54) is 6.07 Å². The first-order valence-corrected chi connectivity index (χ1v) is 6.14. The van der Waals surface area contributed by atoms with Gasteiger partial charge in [0.2, 0.25) is 0 Å². The Balaban J connectivity index is 1.86. The summed E-state index contributed by atoms with van der Waals surface area (Å²) in [5.41, 5.74) is 1.64. The lowest BCUT2D eigenvalue weighted by molar-refractivity contribution is 0.165. The molecule has 2 aromatic rings. The van der Waals surface area contributed by atoms with Crippen LogP contribution in [0.3, 0.4) is 0 Å². The van der Waals surface area contributed by atoms with Crippen molar-refractivity contribution in [2.75, 3.05) is 0 Å². The fraction of sp³-hybridized carbons (Fsp3) is 0.357. The number of hydrogen-bond acceptors (Lipinski definition) is 2. The Labute approximate surface area is 110 Å². The molecule has 0 aliphatic carbocycles. The molecule has 0 saturated carbocycles. The normalized spacial score (nSPS) is 12.6. The number of aliphatic hydroxyl groups excluding tert-OH is 1. The second kappa shape index (κ2) is 5.93. The molecule has 2 rings (SSSR count).